The molecule has 0 spiro atoms. The van der Waals surface area contributed by atoms with E-state index in [-0.39, 0.29) is 5.69 Å². The smallest absolute Gasteiger partial charge is 0.329 e. The van der Waals surface area contributed by atoms with Gasteiger partial charge in [-0.05, 0) is 25.0 Å². The first kappa shape index (κ1) is 13.4. The fourth-order valence-electron chi connectivity index (χ4n) is 1.63. The molecule has 0 radical (unpaired) electrons. The van der Waals surface area contributed by atoms with E-state index in [1.807, 2.05) is 0 Å². The predicted octanol–water partition coefficient (Wildman–Crippen LogP) is 3.02. The molecule has 1 rings (SSSR count). The third-order valence-corrected chi connectivity index (χ3v) is 2.92. The Bertz CT molecular complexity index is 417. The van der Waals surface area contributed by atoms with Gasteiger partial charge in [0.15, 0.2) is 0 Å². The summed E-state index contributed by atoms with van der Waals surface area (Å²) >= 11 is 0. The van der Waals surface area contributed by atoms with Gasteiger partial charge in [0.05, 0.1) is 5.69 Å². The van der Waals surface area contributed by atoms with Crippen LogP contribution in [0, 0.1) is 11.6 Å². The summed E-state index contributed by atoms with van der Waals surface area (Å²) in [6.45, 7) is 3.40. The van der Waals surface area contributed by atoms with E-state index in [0.29, 0.717) is 12.8 Å². The Hall–Kier alpha value is -1.65. The zero-order chi connectivity index (χ0) is 13.1. The maximum absolute atomic E-state index is 13.4. The van der Waals surface area contributed by atoms with Crippen LogP contribution in [0.5, 0.6) is 0 Å². The molecule has 0 heterocycles. The van der Waals surface area contributed by atoms with Gasteiger partial charge in [0, 0.05) is 6.07 Å². The average molecular weight is 243 g/mol. The molecule has 0 saturated heterocycles. The van der Waals surface area contributed by atoms with Crippen LogP contribution in [-0.2, 0) is 4.79 Å². The minimum absolute atomic E-state index is 0.00231. The Kier molecular flexibility index (Phi) is 4.04. The molecule has 0 fully saturated rings. The molecule has 0 aliphatic carbocycles. The summed E-state index contributed by atoms with van der Waals surface area (Å²) in [5, 5.41) is 11.8. The van der Waals surface area contributed by atoms with Gasteiger partial charge in [-0.3, -0.25) is 0 Å². The fraction of sp³-hybridized carbons (Fsp3) is 0.417. The number of halogens is 2. The molecule has 3 nitrogen and oxygen atoms in total. The van der Waals surface area contributed by atoms with Crippen LogP contribution in [0.4, 0.5) is 14.5 Å². The molecule has 2 N–H and O–H groups in total. The normalized spacial score (nSPS) is 11.3. The first-order valence-corrected chi connectivity index (χ1v) is 5.42. The van der Waals surface area contributed by atoms with Gasteiger partial charge in [-0.2, -0.15) is 0 Å². The Labute approximate surface area is 98.5 Å². The van der Waals surface area contributed by atoms with Crippen molar-refractivity contribution in [1.82, 2.24) is 0 Å². The molecular weight excluding hydrogens is 228 g/mol. The first-order chi connectivity index (χ1) is 7.95. The zero-order valence-electron chi connectivity index (χ0n) is 9.76. The number of hydrogen-bond acceptors (Lipinski definition) is 2. The quantitative estimate of drug-likeness (QED) is 0.835. The number of carboxylic acid groups (broad SMARTS) is 1. The molecule has 0 unspecified atom stereocenters. The Morgan fingerprint density at radius 2 is 1.94 bits per heavy atom. The number of benzene rings is 1. The molecule has 0 aliphatic heterocycles. The van der Waals surface area contributed by atoms with Crippen LogP contribution >= 0.6 is 0 Å². The number of carboxylic acids is 1. The Balaban J connectivity index is 3.05. The van der Waals surface area contributed by atoms with Crippen molar-refractivity contribution in [2.75, 3.05) is 5.32 Å². The van der Waals surface area contributed by atoms with Crippen LogP contribution < -0.4 is 5.32 Å². The van der Waals surface area contributed by atoms with Crippen LogP contribution in [0.2, 0.25) is 0 Å². The number of hydrogen-bond donors (Lipinski definition) is 2. The summed E-state index contributed by atoms with van der Waals surface area (Å²) in [5.41, 5.74) is -1.23. The van der Waals surface area contributed by atoms with Gasteiger partial charge in [0.25, 0.3) is 0 Å². The van der Waals surface area contributed by atoms with E-state index < -0.39 is 23.1 Å². The average Bonchev–Trinajstić information content (AvgIpc) is 2.28. The third kappa shape index (κ3) is 2.72. The van der Waals surface area contributed by atoms with Gasteiger partial charge in [-0.25, -0.2) is 13.6 Å². The lowest BCUT2D eigenvalue weighted by Gasteiger charge is -2.29. The summed E-state index contributed by atoms with van der Waals surface area (Å²) in [7, 11) is 0. The maximum atomic E-state index is 13.4. The van der Waals surface area contributed by atoms with E-state index in [4.69, 9.17) is 0 Å². The molecular formula is C12H15F2NO2. The second kappa shape index (κ2) is 5.12. The zero-order valence-corrected chi connectivity index (χ0v) is 9.76. The molecule has 0 amide bonds. The van der Waals surface area contributed by atoms with E-state index in [9.17, 15) is 18.7 Å². The van der Waals surface area contributed by atoms with Crippen molar-refractivity contribution >= 4 is 11.7 Å². The highest BCUT2D eigenvalue weighted by molar-refractivity contribution is 5.82. The van der Waals surface area contributed by atoms with Crippen LogP contribution in [-0.4, -0.2) is 16.6 Å². The van der Waals surface area contributed by atoms with Crippen LogP contribution in [0.1, 0.15) is 26.7 Å². The van der Waals surface area contributed by atoms with Crippen molar-refractivity contribution in [3.8, 4) is 0 Å². The minimum atomic E-state index is -1.22. The molecule has 0 atom stereocenters. The van der Waals surface area contributed by atoms with E-state index in [1.165, 1.54) is 6.07 Å². The molecule has 17 heavy (non-hydrogen) atoms. The molecule has 0 aromatic heterocycles. The van der Waals surface area contributed by atoms with E-state index in [0.717, 1.165) is 12.1 Å². The largest absolute Gasteiger partial charge is 0.480 e. The standard InChI is InChI=1S/C12H15F2NO2/c1-3-12(4-2,11(16)17)15-10-6-5-8(13)7-9(10)14/h5-7,15H,3-4H2,1-2H3,(H,16,17). The molecule has 1 aromatic carbocycles. The van der Waals surface area contributed by atoms with E-state index in [2.05, 4.69) is 5.32 Å². The van der Waals surface area contributed by atoms with E-state index >= 15 is 0 Å². The van der Waals surface area contributed by atoms with Crippen molar-refractivity contribution in [2.45, 2.75) is 32.2 Å². The number of rotatable bonds is 5. The molecule has 0 aliphatic rings. The predicted molar refractivity (Wildman–Crippen MR) is 60.9 cm³/mol. The lowest BCUT2D eigenvalue weighted by atomic mass is 9.92. The molecule has 5 heteroatoms. The molecule has 94 valence electrons. The number of aliphatic carboxylic acids is 1. The summed E-state index contributed by atoms with van der Waals surface area (Å²) in [5.74, 6) is -2.54. The second-order valence-electron chi connectivity index (χ2n) is 3.84. The van der Waals surface area contributed by atoms with Crippen molar-refractivity contribution in [2.24, 2.45) is 0 Å². The Morgan fingerprint density at radius 1 is 1.35 bits per heavy atom. The number of anilines is 1. The van der Waals surface area contributed by atoms with Crippen LogP contribution in [0.15, 0.2) is 18.2 Å². The second-order valence-corrected chi connectivity index (χ2v) is 3.84. The summed E-state index contributed by atoms with van der Waals surface area (Å²) in [6, 6.07) is 3.01. The third-order valence-electron chi connectivity index (χ3n) is 2.92. The highest BCUT2D eigenvalue weighted by Gasteiger charge is 2.35. The van der Waals surface area contributed by atoms with E-state index in [1.54, 1.807) is 13.8 Å². The van der Waals surface area contributed by atoms with Crippen molar-refractivity contribution < 1.29 is 18.7 Å². The SMILES string of the molecule is CCC(CC)(Nc1ccc(F)cc1F)C(=O)O. The lowest BCUT2D eigenvalue weighted by Crippen LogP contribution is -2.45. The van der Waals surface area contributed by atoms with Crippen molar-refractivity contribution in [1.29, 1.82) is 0 Å². The lowest BCUT2D eigenvalue weighted by molar-refractivity contribution is -0.142. The Morgan fingerprint density at radius 3 is 2.35 bits per heavy atom. The van der Waals surface area contributed by atoms with Crippen LogP contribution in [0.3, 0.4) is 0 Å². The van der Waals surface area contributed by atoms with Gasteiger partial charge in [-0.15, -0.1) is 0 Å². The number of nitrogens with one attached hydrogen (secondary N) is 1. The summed E-state index contributed by atoms with van der Waals surface area (Å²) in [6.07, 6.45) is 0.602. The van der Waals surface area contributed by atoms with Gasteiger partial charge >= 0.3 is 5.97 Å². The molecule has 0 saturated carbocycles. The topological polar surface area (TPSA) is 49.3 Å². The minimum Gasteiger partial charge on any atom is -0.480 e. The summed E-state index contributed by atoms with van der Waals surface area (Å²) < 4.78 is 26.1. The monoisotopic (exact) mass is 243 g/mol. The highest BCUT2D eigenvalue weighted by Crippen LogP contribution is 2.25. The van der Waals surface area contributed by atoms with Gasteiger partial charge < -0.3 is 10.4 Å². The van der Waals surface area contributed by atoms with Gasteiger partial charge in [0.2, 0.25) is 0 Å². The van der Waals surface area contributed by atoms with Crippen molar-refractivity contribution in [3.05, 3.63) is 29.8 Å². The van der Waals surface area contributed by atoms with Crippen molar-refractivity contribution in [3.63, 3.8) is 0 Å². The highest BCUT2D eigenvalue weighted by atomic mass is 19.1. The van der Waals surface area contributed by atoms with Gasteiger partial charge in [-0.1, -0.05) is 13.8 Å². The number of carbonyl (C=O) groups is 1. The molecule has 1 aromatic rings. The summed E-state index contributed by atoms with van der Waals surface area (Å²) in [4.78, 5) is 11.2. The van der Waals surface area contributed by atoms with Crippen LogP contribution in [0.25, 0.3) is 0 Å². The fourth-order valence-corrected chi connectivity index (χ4v) is 1.63. The first-order valence-electron chi connectivity index (χ1n) is 5.42. The molecule has 0 bridgehead atoms. The maximum Gasteiger partial charge on any atom is 0.329 e. The van der Waals surface area contributed by atoms with Gasteiger partial charge in [0.1, 0.15) is 17.2 Å².